The van der Waals surface area contributed by atoms with Crippen molar-refractivity contribution in [3.05, 3.63) is 44.2 Å². The maximum atomic E-state index is 12.2. The first kappa shape index (κ1) is 25.8. The number of aromatic nitrogens is 2. The molecule has 0 spiro atoms. The van der Waals surface area contributed by atoms with Crippen molar-refractivity contribution in [2.75, 3.05) is 12.0 Å². The third kappa shape index (κ3) is 6.78. The van der Waals surface area contributed by atoms with Gasteiger partial charge in [-0.25, -0.2) is 4.68 Å². The Balaban J connectivity index is 2.25. The van der Waals surface area contributed by atoms with Gasteiger partial charge in [0.1, 0.15) is 12.5 Å². The highest BCUT2D eigenvalue weighted by molar-refractivity contribution is 6.48. The smallest absolute Gasteiger partial charge is 0.313 e. The second-order valence-electron chi connectivity index (χ2n) is 6.98. The molecular formula is C21H21Cl2N5O5. The third-order valence-corrected chi connectivity index (χ3v) is 4.73. The highest BCUT2D eigenvalue weighted by Crippen LogP contribution is 2.38. The molecule has 0 saturated carbocycles. The Morgan fingerprint density at radius 3 is 2.45 bits per heavy atom. The number of carbonyl (C=O) groups is 2. The number of benzene rings is 1. The molecule has 0 unspecified atom stereocenters. The summed E-state index contributed by atoms with van der Waals surface area (Å²) >= 11 is 12.6. The van der Waals surface area contributed by atoms with Gasteiger partial charge in [0.2, 0.25) is 17.4 Å². The van der Waals surface area contributed by atoms with E-state index in [0.29, 0.717) is 5.56 Å². The Kier molecular flexibility index (Phi) is 8.96. The van der Waals surface area contributed by atoms with Gasteiger partial charge in [0.25, 0.3) is 5.56 Å². The van der Waals surface area contributed by atoms with Crippen LogP contribution < -0.4 is 15.7 Å². The lowest BCUT2D eigenvalue weighted by Gasteiger charge is -2.13. The molecule has 12 heteroatoms. The van der Waals surface area contributed by atoms with E-state index in [1.54, 1.807) is 13.0 Å². The summed E-state index contributed by atoms with van der Waals surface area (Å²) in [5, 5.41) is 17.1. The molecule has 174 valence electrons. The van der Waals surface area contributed by atoms with E-state index in [4.69, 9.17) is 33.2 Å². The molecule has 0 atom stereocenters. The summed E-state index contributed by atoms with van der Waals surface area (Å²) < 4.78 is 11.6. The number of hydrazone groups is 1. The molecule has 2 aromatic rings. The molecule has 0 amide bonds. The number of aryl methyl sites for hydroxylation is 1. The van der Waals surface area contributed by atoms with Crippen LogP contribution in [0.4, 0.5) is 5.69 Å². The predicted octanol–water partition coefficient (Wildman–Crippen LogP) is 3.82. The van der Waals surface area contributed by atoms with Gasteiger partial charge in [-0.2, -0.15) is 10.4 Å². The first-order chi connectivity index (χ1) is 15.6. The SMILES string of the molecule is CCOC(=O)CC(=O)/C(C#N)=N\Nc1cc(Cl)c(Oc2cc(C(C)C)c(=O)n(C)n2)c(Cl)c1. The highest BCUT2D eigenvalue weighted by Gasteiger charge is 2.18. The number of esters is 1. The van der Waals surface area contributed by atoms with Crippen molar-refractivity contribution in [1.29, 1.82) is 5.26 Å². The van der Waals surface area contributed by atoms with Gasteiger partial charge in [0.05, 0.1) is 22.3 Å². The summed E-state index contributed by atoms with van der Waals surface area (Å²) in [6.07, 6.45) is -0.610. The highest BCUT2D eigenvalue weighted by atomic mass is 35.5. The Labute approximate surface area is 199 Å². The lowest BCUT2D eigenvalue weighted by Crippen LogP contribution is -2.24. The summed E-state index contributed by atoms with van der Waals surface area (Å²) in [5.41, 5.74) is 2.51. The van der Waals surface area contributed by atoms with Gasteiger partial charge < -0.3 is 9.47 Å². The van der Waals surface area contributed by atoms with Gasteiger partial charge in [-0.15, -0.1) is 5.10 Å². The summed E-state index contributed by atoms with van der Waals surface area (Å²) in [6, 6.07) is 5.95. The summed E-state index contributed by atoms with van der Waals surface area (Å²) in [6.45, 7) is 5.45. The van der Waals surface area contributed by atoms with Crippen LogP contribution in [0.15, 0.2) is 28.1 Å². The van der Waals surface area contributed by atoms with E-state index >= 15 is 0 Å². The van der Waals surface area contributed by atoms with Crippen molar-refractivity contribution in [1.82, 2.24) is 9.78 Å². The molecule has 0 aliphatic carbocycles. The number of nitrogens with zero attached hydrogens (tertiary/aromatic N) is 4. The minimum absolute atomic E-state index is 0.0506. The third-order valence-electron chi connectivity index (χ3n) is 4.17. The Morgan fingerprint density at radius 1 is 1.27 bits per heavy atom. The van der Waals surface area contributed by atoms with Crippen molar-refractivity contribution in [2.24, 2.45) is 12.1 Å². The monoisotopic (exact) mass is 493 g/mol. The van der Waals surface area contributed by atoms with Gasteiger partial charge in [-0.3, -0.25) is 19.8 Å². The van der Waals surface area contributed by atoms with Crippen LogP contribution in [-0.4, -0.2) is 33.9 Å². The van der Waals surface area contributed by atoms with E-state index < -0.39 is 23.9 Å². The molecule has 1 heterocycles. The zero-order chi connectivity index (χ0) is 24.7. The van der Waals surface area contributed by atoms with E-state index in [1.807, 2.05) is 13.8 Å². The van der Waals surface area contributed by atoms with Crippen LogP contribution in [0, 0.1) is 11.3 Å². The fourth-order valence-electron chi connectivity index (χ4n) is 2.59. The van der Waals surface area contributed by atoms with Gasteiger partial charge in [0.15, 0.2) is 5.75 Å². The number of rotatable bonds is 9. The molecule has 0 radical (unpaired) electrons. The Hall–Kier alpha value is -3.42. The summed E-state index contributed by atoms with van der Waals surface area (Å²) in [7, 11) is 1.51. The Morgan fingerprint density at radius 2 is 1.91 bits per heavy atom. The molecule has 2 rings (SSSR count). The van der Waals surface area contributed by atoms with Crippen molar-refractivity contribution >= 4 is 46.4 Å². The number of hydrogen-bond donors (Lipinski definition) is 1. The summed E-state index contributed by atoms with van der Waals surface area (Å²) in [4.78, 5) is 35.6. The van der Waals surface area contributed by atoms with Crippen molar-refractivity contribution in [3.63, 3.8) is 0 Å². The molecule has 0 aliphatic heterocycles. The largest absolute Gasteiger partial charge is 0.466 e. The number of halogens is 2. The van der Waals surface area contributed by atoms with Crippen molar-refractivity contribution in [2.45, 2.75) is 33.1 Å². The maximum Gasteiger partial charge on any atom is 0.313 e. The van der Waals surface area contributed by atoms with Crippen LogP contribution in [0.3, 0.4) is 0 Å². The zero-order valence-corrected chi connectivity index (χ0v) is 19.8. The molecule has 33 heavy (non-hydrogen) atoms. The molecule has 0 saturated heterocycles. The number of nitriles is 1. The second-order valence-corrected chi connectivity index (χ2v) is 7.80. The Bertz CT molecular complexity index is 1180. The number of anilines is 1. The second kappa shape index (κ2) is 11.4. The van der Waals surface area contributed by atoms with Crippen LogP contribution in [0.1, 0.15) is 38.7 Å². The van der Waals surface area contributed by atoms with Crippen LogP contribution in [0.25, 0.3) is 0 Å². The summed E-state index contributed by atoms with van der Waals surface area (Å²) in [5.74, 6) is -1.40. The number of hydrogen-bond acceptors (Lipinski definition) is 9. The molecule has 0 bridgehead atoms. The van der Waals surface area contributed by atoms with E-state index in [1.165, 1.54) is 25.2 Å². The maximum absolute atomic E-state index is 12.2. The average molecular weight is 494 g/mol. The van der Waals surface area contributed by atoms with Crippen molar-refractivity contribution < 1.29 is 19.1 Å². The fraction of sp³-hybridized carbons (Fsp3) is 0.333. The quantitative estimate of drug-likeness (QED) is 0.241. The van der Waals surface area contributed by atoms with Crippen molar-refractivity contribution in [3.8, 4) is 17.7 Å². The van der Waals surface area contributed by atoms with Gasteiger partial charge >= 0.3 is 5.97 Å². The van der Waals surface area contributed by atoms with Crippen LogP contribution in [0.2, 0.25) is 10.0 Å². The lowest BCUT2D eigenvalue weighted by atomic mass is 10.1. The molecule has 1 aromatic carbocycles. The standard InChI is InChI=1S/C21H21Cl2N5O5/c1-5-32-19(30)9-17(29)16(10-24)26-25-12-6-14(22)20(15(23)7-12)33-18-8-13(11(2)3)21(31)28(4)27-18/h6-8,11,25H,5,9H2,1-4H3/b26-16-. The van der Waals surface area contributed by atoms with Gasteiger partial charge in [-0.1, -0.05) is 37.0 Å². The zero-order valence-electron chi connectivity index (χ0n) is 18.3. The first-order valence-corrected chi connectivity index (χ1v) is 10.5. The number of ketones is 1. The van der Waals surface area contributed by atoms with Crippen LogP contribution >= 0.6 is 23.2 Å². The lowest BCUT2D eigenvalue weighted by molar-refractivity contribution is -0.144. The van der Waals surface area contributed by atoms with Gasteiger partial charge in [0, 0.05) is 18.7 Å². The first-order valence-electron chi connectivity index (χ1n) is 9.75. The van der Waals surface area contributed by atoms with Crippen LogP contribution in [-0.2, 0) is 21.4 Å². The number of ether oxygens (including phenoxy) is 2. The molecule has 0 fully saturated rings. The molecule has 0 aliphatic rings. The molecular weight excluding hydrogens is 473 g/mol. The van der Waals surface area contributed by atoms with Gasteiger partial charge in [-0.05, 0) is 25.0 Å². The van der Waals surface area contributed by atoms with E-state index in [-0.39, 0.29) is 45.4 Å². The van der Waals surface area contributed by atoms with E-state index in [9.17, 15) is 14.4 Å². The number of carbonyl (C=O) groups excluding carboxylic acids is 2. The normalized spacial score (nSPS) is 11.2. The number of Topliss-reactive ketones (excluding diaryl/α,β-unsaturated/α-hetero) is 1. The minimum atomic E-state index is -0.803. The molecule has 10 nitrogen and oxygen atoms in total. The predicted molar refractivity (Wildman–Crippen MR) is 123 cm³/mol. The van der Waals surface area contributed by atoms with E-state index in [2.05, 4.69) is 20.4 Å². The molecule has 1 aromatic heterocycles. The van der Waals surface area contributed by atoms with Crippen LogP contribution in [0.5, 0.6) is 11.6 Å². The molecule has 1 N–H and O–H groups in total. The average Bonchev–Trinajstić information content (AvgIpc) is 2.73. The number of nitrogens with one attached hydrogen (secondary N) is 1. The fourth-order valence-corrected chi connectivity index (χ4v) is 3.15. The van der Waals surface area contributed by atoms with E-state index in [0.717, 1.165) is 4.68 Å². The topological polar surface area (TPSA) is 136 Å². The minimum Gasteiger partial charge on any atom is -0.466 e.